The minimum atomic E-state index is -0.983. The number of carboxylic acids is 1. The first-order valence-electron chi connectivity index (χ1n) is 7.01. The van der Waals surface area contributed by atoms with Crippen LogP contribution < -0.4 is 5.32 Å². The van der Waals surface area contributed by atoms with Gasteiger partial charge in [-0.05, 0) is 38.8 Å². The molecule has 2 heterocycles. The van der Waals surface area contributed by atoms with Crippen LogP contribution in [0.4, 0.5) is 0 Å². The molecule has 2 saturated heterocycles. The van der Waals surface area contributed by atoms with Crippen molar-refractivity contribution in [1.29, 1.82) is 0 Å². The summed E-state index contributed by atoms with van der Waals surface area (Å²) in [6, 6.07) is 0.408. The van der Waals surface area contributed by atoms with E-state index in [1.165, 1.54) is 6.42 Å². The van der Waals surface area contributed by atoms with Gasteiger partial charge in [0.25, 0.3) is 0 Å². The van der Waals surface area contributed by atoms with Gasteiger partial charge in [0.15, 0.2) is 6.10 Å². The second kappa shape index (κ2) is 6.34. The molecule has 2 N–H and O–H groups in total. The first-order chi connectivity index (χ1) is 9.11. The van der Waals surface area contributed by atoms with E-state index >= 15 is 0 Å². The lowest BCUT2D eigenvalue weighted by molar-refractivity contribution is -0.151. The average Bonchev–Trinajstić information content (AvgIpc) is 3.04. The second-order valence-corrected chi connectivity index (χ2v) is 5.20. The number of aliphatic carboxylic acids is 1. The zero-order valence-electron chi connectivity index (χ0n) is 11.3. The maximum Gasteiger partial charge on any atom is 0.332 e. The molecule has 0 aliphatic carbocycles. The first kappa shape index (κ1) is 14.3. The molecule has 108 valence electrons. The van der Waals surface area contributed by atoms with Gasteiger partial charge in [0.2, 0.25) is 5.91 Å². The van der Waals surface area contributed by atoms with Crippen LogP contribution in [0, 0.1) is 0 Å². The van der Waals surface area contributed by atoms with E-state index in [2.05, 4.69) is 17.1 Å². The highest BCUT2D eigenvalue weighted by Crippen LogP contribution is 2.20. The van der Waals surface area contributed by atoms with Gasteiger partial charge in [0.05, 0.1) is 0 Å². The second-order valence-electron chi connectivity index (χ2n) is 5.20. The van der Waals surface area contributed by atoms with Gasteiger partial charge in [-0.2, -0.15) is 0 Å². The third-order valence-corrected chi connectivity index (χ3v) is 4.00. The van der Waals surface area contributed by atoms with Crippen molar-refractivity contribution in [1.82, 2.24) is 10.2 Å². The molecule has 0 spiro atoms. The fourth-order valence-electron chi connectivity index (χ4n) is 2.89. The monoisotopic (exact) mass is 270 g/mol. The van der Waals surface area contributed by atoms with Crippen molar-refractivity contribution >= 4 is 11.9 Å². The third kappa shape index (κ3) is 3.45. The first-order valence-corrected chi connectivity index (χ1v) is 7.01. The molecule has 0 radical (unpaired) electrons. The van der Waals surface area contributed by atoms with Crippen LogP contribution in [0.25, 0.3) is 0 Å². The number of nitrogens with zero attached hydrogens (tertiary/aromatic N) is 1. The minimum absolute atomic E-state index is 0.174. The molecule has 0 aromatic rings. The SMILES string of the molecule is CCN1CCCC1CNC(=O)[C@@H]1CC[C@H](C(=O)O)O1. The number of carbonyl (C=O) groups excluding carboxylic acids is 1. The highest BCUT2D eigenvalue weighted by atomic mass is 16.5. The summed E-state index contributed by atoms with van der Waals surface area (Å²) >= 11 is 0. The molecule has 6 nitrogen and oxygen atoms in total. The van der Waals surface area contributed by atoms with Crippen LogP contribution in [0.5, 0.6) is 0 Å². The molecule has 0 aromatic heterocycles. The van der Waals surface area contributed by atoms with E-state index in [-0.39, 0.29) is 5.91 Å². The van der Waals surface area contributed by atoms with Crippen molar-refractivity contribution < 1.29 is 19.4 Å². The molecule has 19 heavy (non-hydrogen) atoms. The van der Waals surface area contributed by atoms with E-state index in [0.29, 0.717) is 25.4 Å². The van der Waals surface area contributed by atoms with Crippen molar-refractivity contribution in [2.45, 2.75) is 50.9 Å². The van der Waals surface area contributed by atoms with Gasteiger partial charge in [-0.15, -0.1) is 0 Å². The highest BCUT2D eigenvalue weighted by molar-refractivity contribution is 5.82. The van der Waals surface area contributed by atoms with Crippen LogP contribution in [0.1, 0.15) is 32.6 Å². The average molecular weight is 270 g/mol. The Morgan fingerprint density at radius 2 is 2.05 bits per heavy atom. The number of ether oxygens (including phenoxy) is 1. The van der Waals surface area contributed by atoms with E-state index in [1.54, 1.807) is 0 Å². The predicted octanol–water partition coefficient (Wildman–Crippen LogP) is 0.219. The number of hydrogen-bond acceptors (Lipinski definition) is 4. The number of amides is 1. The maximum atomic E-state index is 11.9. The Hall–Kier alpha value is -1.14. The summed E-state index contributed by atoms with van der Waals surface area (Å²) in [7, 11) is 0. The van der Waals surface area contributed by atoms with Crippen LogP contribution in [0.3, 0.4) is 0 Å². The number of likely N-dealkylation sites (tertiary alicyclic amines) is 1. The van der Waals surface area contributed by atoms with Crippen LogP contribution in [-0.4, -0.2) is 59.8 Å². The number of hydrogen-bond donors (Lipinski definition) is 2. The Balaban J connectivity index is 1.74. The molecule has 6 heteroatoms. The summed E-state index contributed by atoms with van der Waals surface area (Å²) in [4.78, 5) is 25.0. The van der Waals surface area contributed by atoms with Gasteiger partial charge < -0.3 is 15.2 Å². The minimum Gasteiger partial charge on any atom is -0.479 e. The van der Waals surface area contributed by atoms with Crippen LogP contribution in [0.2, 0.25) is 0 Å². The summed E-state index contributed by atoms with van der Waals surface area (Å²) in [5.74, 6) is -1.16. The van der Waals surface area contributed by atoms with Gasteiger partial charge >= 0.3 is 5.97 Å². The molecular formula is C13H22N2O4. The van der Waals surface area contributed by atoms with Crippen molar-refractivity contribution in [3.05, 3.63) is 0 Å². The van der Waals surface area contributed by atoms with Gasteiger partial charge in [-0.25, -0.2) is 4.79 Å². The zero-order chi connectivity index (χ0) is 13.8. The predicted molar refractivity (Wildman–Crippen MR) is 68.8 cm³/mol. The van der Waals surface area contributed by atoms with Crippen molar-refractivity contribution in [2.24, 2.45) is 0 Å². The smallest absolute Gasteiger partial charge is 0.332 e. The maximum absolute atomic E-state index is 11.9. The Bertz CT molecular complexity index is 348. The van der Waals surface area contributed by atoms with Gasteiger partial charge in [-0.1, -0.05) is 6.92 Å². The van der Waals surface area contributed by atoms with E-state index in [4.69, 9.17) is 9.84 Å². The fraction of sp³-hybridized carbons (Fsp3) is 0.846. The van der Waals surface area contributed by atoms with Gasteiger partial charge in [0.1, 0.15) is 6.10 Å². The zero-order valence-corrected chi connectivity index (χ0v) is 11.3. The topological polar surface area (TPSA) is 78.9 Å². The van der Waals surface area contributed by atoms with Gasteiger partial charge in [0, 0.05) is 12.6 Å². The highest BCUT2D eigenvalue weighted by Gasteiger charge is 2.35. The van der Waals surface area contributed by atoms with E-state index in [0.717, 1.165) is 19.5 Å². The quantitative estimate of drug-likeness (QED) is 0.747. The summed E-state index contributed by atoms with van der Waals surface area (Å²) < 4.78 is 5.23. The van der Waals surface area contributed by atoms with Crippen LogP contribution in [0.15, 0.2) is 0 Å². The van der Waals surface area contributed by atoms with Crippen LogP contribution in [-0.2, 0) is 14.3 Å². The molecule has 2 rings (SSSR count). The largest absolute Gasteiger partial charge is 0.479 e. The van der Waals surface area contributed by atoms with E-state index in [1.807, 2.05) is 0 Å². The summed E-state index contributed by atoms with van der Waals surface area (Å²) in [5, 5.41) is 11.7. The lowest BCUT2D eigenvalue weighted by Crippen LogP contribution is -2.43. The van der Waals surface area contributed by atoms with Crippen molar-refractivity contribution in [3.8, 4) is 0 Å². The molecule has 2 fully saturated rings. The Morgan fingerprint density at radius 3 is 2.68 bits per heavy atom. The molecule has 2 aliphatic heterocycles. The summed E-state index contributed by atoms with van der Waals surface area (Å²) in [6.45, 7) is 4.85. The van der Waals surface area contributed by atoms with E-state index in [9.17, 15) is 9.59 Å². The van der Waals surface area contributed by atoms with Gasteiger partial charge in [-0.3, -0.25) is 9.69 Å². The molecule has 1 unspecified atom stereocenters. The van der Waals surface area contributed by atoms with Crippen LogP contribution >= 0.6 is 0 Å². The fourth-order valence-corrected chi connectivity index (χ4v) is 2.89. The molecular weight excluding hydrogens is 248 g/mol. The number of nitrogens with one attached hydrogen (secondary N) is 1. The lowest BCUT2D eigenvalue weighted by atomic mass is 10.1. The summed E-state index contributed by atoms with van der Waals surface area (Å²) in [5.41, 5.74) is 0. The number of carbonyl (C=O) groups is 2. The molecule has 1 amide bonds. The molecule has 0 aromatic carbocycles. The Labute approximate surface area is 113 Å². The summed E-state index contributed by atoms with van der Waals surface area (Å²) in [6.07, 6.45) is 1.77. The molecule has 0 saturated carbocycles. The van der Waals surface area contributed by atoms with Crippen molar-refractivity contribution in [3.63, 3.8) is 0 Å². The molecule has 0 bridgehead atoms. The number of carboxylic acid groups (broad SMARTS) is 1. The lowest BCUT2D eigenvalue weighted by Gasteiger charge is -2.23. The normalized spacial score (nSPS) is 31.5. The molecule has 2 aliphatic rings. The van der Waals surface area contributed by atoms with Crippen molar-refractivity contribution in [2.75, 3.05) is 19.6 Å². The number of rotatable bonds is 5. The number of likely N-dealkylation sites (N-methyl/N-ethyl adjacent to an activating group) is 1. The molecule has 3 atom stereocenters. The standard InChI is InChI=1S/C13H22N2O4/c1-2-15-7-3-4-9(15)8-14-12(16)10-5-6-11(19-10)13(17)18/h9-11H,2-8H2,1H3,(H,14,16)(H,17,18)/t9?,10-,11+/m0/s1. The third-order valence-electron chi connectivity index (χ3n) is 4.00. The Kier molecular flexibility index (Phi) is 4.76. The van der Waals surface area contributed by atoms with E-state index < -0.39 is 18.2 Å². The Morgan fingerprint density at radius 1 is 1.32 bits per heavy atom.